The maximum Gasteiger partial charge on any atom is 0.167 e. The highest BCUT2D eigenvalue weighted by atomic mass is 28.3. The fourth-order valence-corrected chi connectivity index (χ4v) is 11.3. The molecule has 2 heterocycles. The van der Waals surface area contributed by atoms with E-state index < -0.39 is 13.5 Å². The van der Waals surface area contributed by atoms with Gasteiger partial charge in [-0.05, 0) is 86.0 Å². The Morgan fingerprint density at radius 1 is 0.364 bits per heavy atom. The Kier molecular flexibility index (Phi) is 9.37. The van der Waals surface area contributed by atoms with Crippen molar-refractivity contribution in [2.24, 2.45) is 0 Å². The Bertz CT molecular complexity index is 3590. The zero-order valence-electron chi connectivity index (χ0n) is 37.0. The van der Waals surface area contributed by atoms with Gasteiger partial charge in [-0.2, -0.15) is 0 Å². The van der Waals surface area contributed by atoms with E-state index in [1.54, 1.807) is 0 Å². The van der Waals surface area contributed by atoms with Gasteiger partial charge in [0.05, 0.1) is 19.1 Å². The number of furan rings is 1. The van der Waals surface area contributed by atoms with Crippen LogP contribution in [0, 0.1) is 0 Å². The molecular weight excluding hydrogens is 819 g/mol. The fourth-order valence-electron chi connectivity index (χ4n) is 10.1. The molecule has 2 aromatic heterocycles. The zero-order chi connectivity index (χ0) is 44.4. The standard InChI is InChI=1S/C61H45N3OSi/c1-66(2,3)48-34-31-40(32-35-48)41-17-14-18-42(37-41)43-19-15-20-44(38-43)58-62-59(64-60(63-58)53-28-16-27-52-51-26-11-13-30-56(51)65-57(52)53)45-33-36-50-49-25-10-12-29-54(49)61(55(50)39-45,46-21-6-4-7-22-46)47-23-8-5-9-24-47/h4-39H,1-3H3. The van der Waals surface area contributed by atoms with E-state index in [9.17, 15) is 0 Å². The third kappa shape index (κ3) is 6.54. The van der Waals surface area contributed by atoms with Crippen LogP contribution in [-0.2, 0) is 5.41 Å². The molecule has 66 heavy (non-hydrogen) atoms. The van der Waals surface area contributed by atoms with Gasteiger partial charge in [0, 0.05) is 21.9 Å². The number of aromatic nitrogens is 3. The Morgan fingerprint density at radius 3 is 1.56 bits per heavy atom. The van der Waals surface area contributed by atoms with Crippen molar-refractivity contribution in [1.29, 1.82) is 0 Å². The van der Waals surface area contributed by atoms with Gasteiger partial charge < -0.3 is 4.42 Å². The highest BCUT2D eigenvalue weighted by Crippen LogP contribution is 2.56. The minimum absolute atomic E-state index is 0.551. The second kappa shape index (κ2) is 15.6. The van der Waals surface area contributed by atoms with Gasteiger partial charge in [-0.3, -0.25) is 0 Å². The molecule has 11 aromatic rings. The van der Waals surface area contributed by atoms with E-state index in [2.05, 4.69) is 220 Å². The lowest BCUT2D eigenvalue weighted by Gasteiger charge is -2.34. The molecule has 5 heteroatoms. The van der Waals surface area contributed by atoms with E-state index in [0.29, 0.717) is 17.5 Å². The van der Waals surface area contributed by atoms with E-state index in [4.69, 9.17) is 19.4 Å². The summed E-state index contributed by atoms with van der Waals surface area (Å²) in [6.07, 6.45) is 0. The van der Waals surface area contributed by atoms with Gasteiger partial charge in [0.1, 0.15) is 11.2 Å². The third-order valence-electron chi connectivity index (χ3n) is 13.4. The summed E-state index contributed by atoms with van der Waals surface area (Å²) in [7, 11) is -1.41. The molecule has 0 spiro atoms. The topological polar surface area (TPSA) is 51.8 Å². The van der Waals surface area contributed by atoms with Crippen molar-refractivity contribution in [2.75, 3.05) is 0 Å². The van der Waals surface area contributed by atoms with Crippen LogP contribution in [0.5, 0.6) is 0 Å². The first-order chi connectivity index (χ1) is 32.3. The van der Waals surface area contributed by atoms with Crippen molar-refractivity contribution in [3.05, 3.63) is 241 Å². The molecule has 314 valence electrons. The SMILES string of the molecule is C[Si](C)(C)c1ccc(-c2cccc(-c3cccc(-c4nc(-c5ccc6c(c5)C(c5ccccc5)(c5ccccc5)c5ccccc5-6)nc(-c5cccc6c5oc5ccccc56)n4)c3)c2)cc1. The number of hydrogen-bond donors (Lipinski definition) is 0. The monoisotopic (exact) mass is 863 g/mol. The zero-order valence-corrected chi connectivity index (χ0v) is 38.0. The van der Waals surface area contributed by atoms with Gasteiger partial charge in [0.2, 0.25) is 0 Å². The van der Waals surface area contributed by atoms with Crippen molar-refractivity contribution >= 4 is 35.2 Å². The summed E-state index contributed by atoms with van der Waals surface area (Å²) in [5.41, 5.74) is 15.5. The number of benzene rings is 9. The van der Waals surface area contributed by atoms with Gasteiger partial charge in [-0.15, -0.1) is 0 Å². The molecule has 1 aliphatic carbocycles. The Hall–Kier alpha value is -7.99. The van der Waals surface area contributed by atoms with Gasteiger partial charge in [0.25, 0.3) is 0 Å². The molecule has 0 bridgehead atoms. The molecule has 1 aliphatic rings. The van der Waals surface area contributed by atoms with E-state index in [1.807, 2.05) is 18.2 Å². The van der Waals surface area contributed by atoms with Crippen molar-refractivity contribution in [3.8, 4) is 67.5 Å². The fraction of sp³-hybridized carbons (Fsp3) is 0.0656. The molecule has 0 radical (unpaired) electrons. The van der Waals surface area contributed by atoms with Crippen LogP contribution in [0.15, 0.2) is 223 Å². The first kappa shape index (κ1) is 39.6. The second-order valence-corrected chi connectivity index (χ2v) is 23.4. The predicted molar refractivity (Wildman–Crippen MR) is 275 cm³/mol. The summed E-state index contributed by atoms with van der Waals surface area (Å²) in [5, 5.41) is 3.54. The summed E-state index contributed by atoms with van der Waals surface area (Å²) in [4.78, 5) is 16.0. The summed E-state index contributed by atoms with van der Waals surface area (Å²) in [6, 6.07) is 78.3. The molecule has 0 saturated carbocycles. The van der Waals surface area contributed by atoms with Gasteiger partial charge in [-0.1, -0.05) is 213 Å². The lowest BCUT2D eigenvalue weighted by atomic mass is 9.67. The largest absolute Gasteiger partial charge is 0.455 e. The number of hydrogen-bond acceptors (Lipinski definition) is 4. The molecule has 0 fully saturated rings. The van der Waals surface area contributed by atoms with Crippen LogP contribution in [0.3, 0.4) is 0 Å². The maximum absolute atomic E-state index is 6.60. The molecule has 0 atom stereocenters. The summed E-state index contributed by atoms with van der Waals surface area (Å²) in [5.74, 6) is 1.73. The molecule has 4 nitrogen and oxygen atoms in total. The van der Waals surface area contributed by atoms with Crippen LogP contribution in [-0.4, -0.2) is 23.0 Å². The van der Waals surface area contributed by atoms with Crippen molar-refractivity contribution < 1.29 is 4.42 Å². The Balaban J connectivity index is 1.04. The summed E-state index contributed by atoms with van der Waals surface area (Å²) >= 11 is 0. The van der Waals surface area contributed by atoms with Crippen LogP contribution < -0.4 is 5.19 Å². The number of nitrogens with zero attached hydrogens (tertiary/aromatic N) is 3. The van der Waals surface area contributed by atoms with Crippen molar-refractivity contribution in [1.82, 2.24) is 15.0 Å². The van der Waals surface area contributed by atoms with Crippen LogP contribution in [0.25, 0.3) is 89.5 Å². The highest BCUT2D eigenvalue weighted by molar-refractivity contribution is 6.88. The highest BCUT2D eigenvalue weighted by Gasteiger charge is 2.46. The molecule has 0 saturated heterocycles. The molecule has 12 rings (SSSR count). The van der Waals surface area contributed by atoms with E-state index in [1.165, 1.54) is 49.7 Å². The minimum Gasteiger partial charge on any atom is -0.455 e. The van der Waals surface area contributed by atoms with E-state index in [0.717, 1.165) is 49.8 Å². The number of para-hydroxylation sites is 2. The summed E-state index contributed by atoms with van der Waals surface area (Å²) < 4.78 is 6.60. The van der Waals surface area contributed by atoms with Gasteiger partial charge >= 0.3 is 0 Å². The molecular formula is C61H45N3OSi. The van der Waals surface area contributed by atoms with Crippen LogP contribution >= 0.6 is 0 Å². The second-order valence-electron chi connectivity index (χ2n) is 18.4. The molecule has 9 aromatic carbocycles. The van der Waals surface area contributed by atoms with Crippen LogP contribution in [0.4, 0.5) is 0 Å². The van der Waals surface area contributed by atoms with Gasteiger partial charge in [0.15, 0.2) is 17.5 Å². The molecule has 0 amide bonds. The lowest BCUT2D eigenvalue weighted by Crippen LogP contribution is -2.37. The maximum atomic E-state index is 6.60. The van der Waals surface area contributed by atoms with E-state index >= 15 is 0 Å². The molecule has 0 N–H and O–H groups in total. The predicted octanol–water partition coefficient (Wildman–Crippen LogP) is 15.0. The average molecular weight is 864 g/mol. The van der Waals surface area contributed by atoms with Crippen LogP contribution in [0.1, 0.15) is 22.3 Å². The smallest absolute Gasteiger partial charge is 0.167 e. The first-order valence-corrected chi connectivity index (χ1v) is 26.2. The number of rotatable bonds is 8. The van der Waals surface area contributed by atoms with Gasteiger partial charge in [-0.25, -0.2) is 15.0 Å². The van der Waals surface area contributed by atoms with E-state index in [-0.39, 0.29) is 0 Å². The number of fused-ring (bicyclic) bond motifs is 6. The lowest BCUT2D eigenvalue weighted by molar-refractivity contribution is 0.669. The Morgan fingerprint density at radius 2 is 0.864 bits per heavy atom. The average Bonchev–Trinajstić information content (AvgIpc) is 3.90. The van der Waals surface area contributed by atoms with Crippen LogP contribution in [0.2, 0.25) is 19.6 Å². The normalized spacial score (nSPS) is 12.9. The molecule has 0 aliphatic heterocycles. The minimum atomic E-state index is -1.41. The Labute approximate surface area is 386 Å². The van der Waals surface area contributed by atoms with Crippen molar-refractivity contribution in [3.63, 3.8) is 0 Å². The first-order valence-electron chi connectivity index (χ1n) is 22.7. The summed E-state index contributed by atoms with van der Waals surface area (Å²) in [6.45, 7) is 7.17. The third-order valence-corrected chi connectivity index (χ3v) is 15.5. The molecule has 0 unspecified atom stereocenters. The quantitative estimate of drug-likeness (QED) is 0.143. The van der Waals surface area contributed by atoms with Crippen molar-refractivity contribution in [2.45, 2.75) is 25.1 Å².